The number of carbonyl (C=O) groups is 1. The van der Waals surface area contributed by atoms with Gasteiger partial charge in [0.2, 0.25) is 5.91 Å². The van der Waals surface area contributed by atoms with E-state index in [-0.39, 0.29) is 11.8 Å². The molecule has 41 heavy (non-hydrogen) atoms. The molecule has 0 unspecified atom stereocenters. The van der Waals surface area contributed by atoms with E-state index in [0.29, 0.717) is 41.5 Å². The van der Waals surface area contributed by atoms with Crippen molar-refractivity contribution in [2.24, 2.45) is 4.99 Å². The van der Waals surface area contributed by atoms with Gasteiger partial charge in [-0.05, 0) is 54.9 Å². The fourth-order valence-corrected chi connectivity index (χ4v) is 5.05. The molecule has 0 aliphatic rings. The van der Waals surface area contributed by atoms with E-state index in [4.69, 9.17) is 16.6 Å². The number of aliphatic imine (C=N–C) groups is 1. The maximum atomic E-state index is 12.8. The highest BCUT2D eigenvalue weighted by atomic mass is 35.5. The number of benzene rings is 4. The Morgan fingerprint density at radius 3 is 2.34 bits per heavy atom. The number of aromatic amines is 1. The molecule has 0 saturated carbocycles. The smallest absolute Gasteiger partial charge is 0.226 e. The molecule has 0 aliphatic heterocycles. The van der Waals surface area contributed by atoms with Crippen LogP contribution in [-0.4, -0.2) is 41.3 Å². The molecule has 0 spiro atoms. The summed E-state index contributed by atoms with van der Waals surface area (Å²) in [4.78, 5) is 22.6. The van der Waals surface area contributed by atoms with Crippen molar-refractivity contribution in [3.63, 3.8) is 0 Å². The highest BCUT2D eigenvalue weighted by Crippen LogP contribution is 2.33. The van der Waals surface area contributed by atoms with Gasteiger partial charge < -0.3 is 20.3 Å². The molecule has 5 aromatic rings. The molecule has 1 aromatic heterocycles. The first-order chi connectivity index (χ1) is 20.0. The standard InChI is InChI=1S/C34H33ClN4O2/c1-2-31(40)39(22-21-36-20-19-24-9-5-3-6-10-24)28-16-14-27(15-17-28)37-33(25-11-7-4-8-12-25)32-29-18-13-26(35)23-30(29)38-34(32)41/h3-18,23,36,38,41H,2,19-22H2,1H3. The van der Waals surface area contributed by atoms with Gasteiger partial charge in [-0.1, -0.05) is 85.3 Å². The van der Waals surface area contributed by atoms with Gasteiger partial charge in [-0.2, -0.15) is 0 Å². The summed E-state index contributed by atoms with van der Waals surface area (Å²) in [5, 5.41) is 15.8. The molecule has 4 aromatic carbocycles. The lowest BCUT2D eigenvalue weighted by Crippen LogP contribution is -2.37. The summed E-state index contributed by atoms with van der Waals surface area (Å²) in [5.41, 5.74) is 5.66. The minimum Gasteiger partial charge on any atom is -0.494 e. The Hall–Kier alpha value is -4.39. The number of nitrogens with zero attached hydrogens (tertiary/aromatic N) is 2. The molecule has 208 valence electrons. The lowest BCUT2D eigenvalue weighted by atomic mass is 10.0. The molecule has 0 aliphatic carbocycles. The van der Waals surface area contributed by atoms with Gasteiger partial charge in [0.15, 0.2) is 5.88 Å². The SMILES string of the molecule is CCC(=O)N(CCNCCc1ccccc1)c1ccc(N=C(c2ccccc2)c2c(O)[nH]c3cc(Cl)ccc23)cc1. The van der Waals surface area contributed by atoms with E-state index in [2.05, 4.69) is 22.4 Å². The van der Waals surface area contributed by atoms with Gasteiger partial charge in [-0.25, -0.2) is 4.99 Å². The fourth-order valence-electron chi connectivity index (χ4n) is 4.87. The van der Waals surface area contributed by atoms with Crippen molar-refractivity contribution in [3.8, 4) is 5.88 Å². The summed E-state index contributed by atoms with van der Waals surface area (Å²) in [6, 6.07) is 33.2. The summed E-state index contributed by atoms with van der Waals surface area (Å²) in [7, 11) is 0. The van der Waals surface area contributed by atoms with Crippen LogP contribution in [0.1, 0.15) is 30.0 Å². The van der Waals surface area contributed by atoms with Crippen LogP contribution in [0.4, 0.5) is 11.4 Å². The Labute approximate surface area is 245 Å². The van der Waals surface area contributed by atoms with Gasteiger partial charge in [-0.15, -0.1) is 0 Å². The molecular formula is C34H33ClN4O2. The van der Waals surface area contributed by atoms with Crippen molar-refractivity contribution in [1.82, 2.24) is 10.3 Å². The molecule has 6 nitrogen and oxygen atoms in total. The van der Waals surface area contributed by atoms with Crippen LogP contribution >= 0.6 is 11.6 Å². The van der Waals surface area contributed by atoms with E-state index in [1.165, 1.54) is 5.56 Å². The third-order valence-corrected chi connectivity index (χ3v) is 7.21. The van der Waals surface area contributed by atoms with Crippen molar-refractivity contribution in [2.45, 2.75) is 19.8 Å². The van der Waals surface area contributed by atoms with Crippen molar-refractivity contribution < 1.29 is 9.90 Å². The first-order valence-electron chi connectivity index (χ1n) is 13.8. The number of anilines is 1. The Morgan fingerprint density at radius 1 is 0.927 bits per heavy atom. The van der Waals surface area contributed by atoms with E-state index in [1.54, 1.807) is 12.1 Å². The highest BCUT2D eigenvalue weighted by Gasteiger charge is 2.19. The van der Waals surface area contributed by atoms with Crippen molar-refractivity contribution >= 4 is 45.5 Å². The molecule has 0 fully saturated rings. The van der Waals surface area contributed by atoms with Gasteiger partial charge in [-0.3, -0.25) is 4.79 Å². The molecule has 0 saturated heterocycles. The molecule has 5 rings (SSSR count). The number of hydrogen-bond acceptors (Lipinski definition) is 4. The number of fused-ring (bicyclic) bond motifs is 1. The molecule has 0 atom stereocenters. The molecule has 3 N–H and O–H groups in total. The van der Waals surface area contributed by atoms with E-state index in [9.17, 15) is 9.90 Å². The predicted octanol–water partition coefficient (Wildman–Crippen LogP) is 7.27. The second kappa shape index (κ2) is 13.3. The average Bonchev–Trinajstić information content (AvgIpc) is 3.33. The number of carbonyl (C=O) groups excluding carboxylic acids is 1. The lowest BCUT2D eigenvalue weighted by Gasteiger charge is -2.23. The van der Waals surface area contributed by atoms with Crippen molar-refractivity contribution in [1.29, 1.82) is 0 Å². The van der Waals surface area contributed by atoms with Gasteiger partial charge in [0, 0.05) is 41.2 Å². The normalized spacial score (nSPS) is 11.6. The van der Waals surface area contributed by atoms with Gasteiger partial charge in [0.1, 0.15) is 0 Å². The number of amides is 1. The van der Waals surface area contributed by atoms with Crippen LogP contribution in [0.15, 0.2) is 108 Å². The first-order valence-corrected chi connectivity index (χ1v) is 14.2. The van der Waals surface area contributed by atoms with E-state index in [1.807, 2.05) is 90.7 Å². The zero-order valence-corrected chi connectivity index (χ0v) is 23.7. The Bertz CT molecular complexity index is 1630. The van der Waals surface area contributed by atoms with Crippen LogP contribution in [0.3, 0.4) is 0 Å². The number of aromatic nitrogens is 1. The molecular weight excluding hydrogens is 532 g/mol. The summed E-state index contributed by atoms with van der Waals surface area (Å²) in [5.74, 6) is 0.0967. The van der Waals surface area contributed by atoms with Crippen LogP contribution in [0.2, 0.25) is 5.02 Å². The van der Waals surface area contributed by atoms with Crippen LogP contribution in [0, 0.1) is 0 Å². The second-order valence-corrected chi connectivity index (χ2v) is 10.2. The van der Waals surface area contributed by atoms with Crippen LogP contribution in [0.5, 0.6) is 5.88 Å². The molecule has 1 heterocycles. The van der Waals surface area contributed by atoms with Crippen molar-refractivity contribution in [3.05, 3.63) is 125 Å². The molecule has 7 heteroatoms. The maximum absolute atomic E-state index is 12.8. The van der Waals surface area contributed by atoms with Gasteiger partial charge in [0.05, 0.1) is 22.5 Å². The lowest BCUT2D eigenvalue weighted by molar-refractivity contribution is -0.118. The van der Waals surface area contributed by atoms with Crippen LogP contribution in [-0.2, 0) is 11.2 Å². The Morgan fingerprint density at radius 2 is 1.63 bits per heavy atom. The average molecular weight is 565 g/mol. The fraction of sp³-hybridized carbons (Fsp3) is 0.176. The van der Waals surface area contributed by atoms with Gasteiger partial charge in [0.25, 0.3) is 0 Å². The zero-order valence-electron chi connectivity index (χ0n) is 23.0. The number of halogens is 1. The quantitative estimate of drug-likeness (QED) is 0.116. The zero-order chi connectivity index (χ0) is 28.6. The number of nitrogens with one attached hydrogen (secondary N) is 2. The largest absolute Gasteiger partial charge is 0.494 e. The summed E-state index contributed by atoms with van der Waals surface area (Å²) >= 11 is 6.19. The van der Waals surface area contributed by atoms with Crippen LogP contribution < -0.4 is 10.2 Å². The topological polar surface area (TPSA) is 80.7 Å². The molecule has 0 radical (unpaired) electrons. The summed E-state index contributed by atoms with van der Waals surface area (Å²) < 4.78 is 0. The van der Waals surface area contributed by atoms with Gasteiger partial charge >= 0.3 is 0 Å². The maximum Gasteiger partial charge on any atom is 0.226 e. The van der Waals surface area contributed by atoms with E-state index >= 15 is 0 Å². The van der Waals surface area contributed by atoms with Crippen molar-refractivity contribution in [2.75, 3.05) is 24.5 Å². The Kier molecular flexibility index (Phi) is 9.14. The van der Waals surface area contributed by atoms with E-state index in [0.717, 1.165) is 35.1 Å². The monoisotopic (exact) mass is 564 g/mol. The summed E-state index contributed by atoms with van der Waals surface area (Å²) in [6.45, 7) is 4.00. The third kappa shape index (κ3) is 6.85. The third-order valence-electron chi connectivity index (χ3n) is 6.98. The highest BCUT2D eigenvalue weighted by molar-refractivity contribution is 6.31. The first kappa shape index (κ1) is 28.1. The summed E-state index contributed by atoms with van der Waals surface area (Å²) in [6.07, 6.45) is 1.37. The number of hydrogen-bond donors (Lipinski definition) is 3. The number of rotatable bonds is 11. The molecule has 0 bridgehead atoms. The minimum absolute atomic E-state index is 0.0287. The van der Waals surface area contributed by atoms with Crippen LogP contribution in [0.25, 0.3) is 10.9 Å². The second-order valence-electron chi connectivity index (χ2n) is 9.77. The minimum atomic E-state index is 0.0287. The molecule has 1 amide bonds. The van der Waals surface area contributed by atoms with E-state index < -0.39 is 0 Å². The number of H-pyrrole nitrogens is 1. The Balaban J connectivity index is 1.37. The predicted molar refractivity (Wildman–Crippen MR) is 169 cm³/mol. The number of aromatic hydroxyl groups is 1.